The number of carbonyl (C=O) groups is 1. The Morgan fingerprint density at radius 1 is 1.48 bits per heavy atom. The molecule has 7 nitrogen and oxygen atoms in total. The third kappa shape index (κ3) is 2.52. The highest BCUT2D eigenvalue weighted by Gasteiger charge is 2.26. The molecule has 0 unspecified atom stereocenters. The van der Waals surface area contributed by atoms with E-state index in [1.807, 2.05) is 26.8 Å². The second-order valence-electron chi connectivity index (χ2n) is 6.19. The Morgan fingerprint density at radius 3 is 2.84 bits per heavy atom. The number of fused-ring (bicyclic) bond motifs is 2. The Morgan fingerprint density at radius 2 is 2.20 bits per heavy atom. The number of nitrogens with zero attached hydrogens (tertiary/aromatic N) is 3. The molecule has 3 aromatic heterocycles. The van der Waals surface area contributed by atoms with Crippen LogP contribution in [0.4, 0.5) is 5.82 Å². The summed E-state index contributed by atoms with van der Waals surface area (Å²) < 4.78 is 3.29. The minimum Gasteiger partial charge on any atom is -0.355 e. The van der Waals surface area contributed by atoms with Crippen LogP contribution in [0.2, 0.25) is 0 Å². The monoisotopic (exact) mass is 340 g/mol. The van der Waals surface area contributed by atoms with Gasteiger partial charge < -0.3 is 11.1 Å². The predicted molar refractivity (Wildman–Crippen MR) is 96.7 cm³/mol. The van der Waals surface area contributed by atoms with Gasteiger partial charge >= 0.3 is 0 Å². The number of rotatable bonds is 3. The maximum absolute atomic E-state index is 13.0. The topological polar surface area (TPSA) is 93.4 Å². The lowest BCUT2D eigenvalue weighted by Crippen LogP contribution is -2.45. The number of nitrogen functional groups attached to an aromatic ring is 1. The van der Waals surface area contributed by atoms with Crippen LogP contribution in [0.1, 0.15) is 42.2 Å². The summed E-state index contributed by atoms with van der Waals surface area (Å²) >= 11 is 0. The minimum absolute atomic E-state index is 0.00882. The highest BCUT2D eigenvalue weighted by atomic mass is 16.1. The van der Waals surface area contributed by atoms with Crippen LogP contribution in [0, 0.1) is 6.92 Å². The molecule has 1 atom stereocenters. The third-order valence-corrected chi connectivity index (χ3v) is 4.62. The Hall–Kier alpha value is -2.96. The zero-order valence-electron chi connectivity index (χ0n) is 14.8. The molecule has 0 saturated heterocycles. The summed E-state index contributed by atoms with van der Waals surface area (Å²) in [6, 6.07) is 5.23. The molecule has 0 fully saturated rings. The first-order chi connectivity index (χ1) is 11.9. The van der Waals surface area contributed by atoms with Gasteiger partial charge in [0, 0.05) is 18.8 Å². The van der Waals surface area contributed by atoms with Crippen molar-refractivity contribution in [3.8, 4) is 0 Å². The van der Waals surface area contributed by atoms with Crippen molar-refractivity contribution in [3.63, 3.8) is 0 Å². The Bertz CT molecular complexity index is 1050. The molecular weight excluding hydrogens is 318 g/mol. The Labute approximate surface area is 145 Å². The van der Waals surface area contributed by atoms with Gasteiger partial charge in [-0.25, -0.2) is 4.57 Å². The van der Waals surface area contributed by atoms with Crippen molar-refractivity contribution < 1.29 is 9.36 Å². The molecule has 0 radical (unpaired) electrons. The van der Waals surface area contributed by atoms with E-state index in [9.17, 15) is 9.59 Å². The van der Waals surface area contributed by atoms with E-state index in [-0.39, 0.29) is 23.1 Å². The lowest BCUT2D eigenvalue weighted by Gasteiger charge is -2.16. The first kappa shape index (κ1) is 16.9. The molecule has 1 amide bonds. The van der Waals surface area contributed by atoms with Crippen molar-refractivity contribution in [2.75, 3.05) is 12.8 Å². The van der Waals surface area contributed by atoms with Crippen molar-refractivity contribution in [2.45, 2.75) is 33.2 Å². The summed E-state index contributed by atoms with van der Waals surface area (Å²) in [6.07, 6.45) is 2.47. The molecule has 0 aliphatic rings. The standard InChI is InChI=1S/C18H21N5O2/c1-5-11(3)23-14(19)12(17(24)20-4)9-13-16(23)21-15-10(2)7-6-8-22(15)18(13)25/h6-9,11,19H,5H2,1-4H3,(H,20,24)/p+1/t11-/m1/s1. The van der Waals surface area contributed by atoms with Gasteiger partial charge in [-0.3, -0.25) is 14.0 Å². The maximum Gasteiger partial charge on any atom is 0.278 e. The largest absolute Gasteiger partial charge is 0.355 e. The number of hydrogen-bond acceptors (Lipinski definition) is 4. The Kier molecular flexibility index (Phi) is 4.16. The predicted octanol–water partition coefficient (Wildman–Crippen LogP) is 1.36. The number of amides is 1. The number of nitrogens with two attached hydrogens (primary N) is 1. The second kappa shape index (κ2) is 6.16. The molecule has 25 heavy (non-hydrogen) atoms. The molecule has 130 valence electrons. The highest BCUT2D eigenvalue weighted by Crippen LogP contribution is 2.18. The van der Waals surface area contributed by atoms with Gasteiger partial charge in [0.05, 0.1) is 6.04 Å². The molecule has 3 N–H and O–H groups in total. The Balaban J connectivity index is 2.57. The zero-order chi connectivity index (χ0) is 18.3. The van der Waals surface area contributed by atoms with E-state index < -0.39 is 0 Å². The number of hydrogen-bond donors (Lipinski definition) is 2. The zero-order valence-corrected chi connectivity index (χ0v) is 14.8. The molecule has 0 aliphatic carbocycles. The lowest BCUT2D eigenvalue weighted by molar-refractivity contribution is -0.683. The van der Waals surface area contributed by atoms with Gasteiger partial charge in [-0.15, -0.1) is 0 Å². The fourth-order valence-electron chi connectivity index (χ4n) is 3.02. The van der Waals surface area contributed by atoms with Crippen molar-refractivity contribution in [1.82, 2.24) is 14.7 Å². The fraction of sp³-hybridized carbons (Fsp3) is 0.333. The molecular formula is C18H22N5O2+. The quantitative estimate of drug-likeness (QED) is 0.556. The van der Waals surface area contributed by atoms with Crippen LogP contribution in [-0.2, 0) is 0 Å². The van der Waals surface area contributed by atoms with E-state index in [2.05, 4.69) is 5.32 Å². The van der Waals surface area contributed by atoms with Gasteiger partial charge in [0.15, 0.2) is 0 Å². The first-order valence-corrected chi connectivity index (χ1v) is 8.28. The maximum atomic E-state index is 13.0. The summed E-state index contributed by atoms with van der Waals surface area (Å²) in [6.45, 7) is 5.92. The molecule has 7 heteroatoms. The minimum atomic E-state index is -0.329. The van der Waals surface area contributed by atoms with Crippen LogP contribution in [-0.4, -0.2) is 22.3 Å². The van der Waals surface area contributed by atoms with Gasteiger partial charge in [-0.05, 0) is 32.4 Å². The van der Waals surface area contributed by atoms with Crippen LogP contribution < -0.4 is 21.2 Å². The van der Waals surface area contributed by atoms with Crippen LogP contribution in [0.15, 0.2) is 29.2 Å². The highest BCUT2D eigenvalue weighted by molar-refractivity contribution is 6.00. The molecule has 3 aromatic rings. The first-order valence-electron chi connectivity index (χ1n) is 8.28. The summed E-state index contributed by atoms with van der Waals surface area (Å²) in [7, 11) is 1.54. The van der Waals surface area contributed by atoms with Crippen molar-refractivity contribution in [3.05, 3.63) is 45.9 Å². The van der Waals surface area contributed by atoms with Gasteiger partial charge in [0.25, 0.3) is 17.1 Å². The fourth-order valence-corrected chi connectivity index (χ4v) is 3.02. The molecule has 0 aromatic carbocycles. The van der Waals surface area contributed by atoms with Crippen molar-refractivity contribution in [1.29, 1.82) is 0 Å². The van der Waals surface area contributed by atoms with Crippen LogP contribution in [0.3, 0.4) is 0 Å². The third-order valence-electron chi connectivity index (χ3n) is 4.62. The average Bonchev–Trinajstić information content (AvgIpc) is 2.61. The van der Waals surface area contributed by atoms with E-state index in [0.717, 1.165) is 12.0 Å². The second-order valence-corrected chi connectivity index (χ2v) is 6.19. The SMILES string of the molecule is CC[C@@H](C)[n+]1c(N)c(C(=O)NC)cc2c(=O)n3cccc(C)c3nc21. The van der Waals surface area contributed by atoms with Gasteiger partial charge in [-0.1, -0.05) is 18.0 Å². The van der Waals surface area contributed by atoms with Gasteiger partial charge in [-0.2, -0.15) is 0 Å². The van der Waals surface area contributed by atoms with E-state index >= 15 is 0 Å². The van der Waals surface area contributed by atoms with Crippen molar-refractivity contribution >= 4 is 28.4 Å². The van der Waals surface area contributed by atoms with Gasteiger partial charge in [0.2, 0.25) is 11.5 Å². The normalized spacial score (nSPS) is 12.5. The van der Waals surface area contributed by atoms with E-state index in [1.54, 1.807) is 16.8 Å². The molecule has 3 heterocycles. The van der Waals surface area contributed by atoms with E-state index in [4.69, 9.17) is 10.7 Å². The number of aromatic nitrogens is 3. The molecule has 0 aliphatic heterocycles. The number of pyridine rings is 2. The summed E-state index contributed by atoms with van der Waals surface area (Å²) in [4.78, 5) is 30.0. The van der Waals surface area contributed by atoms with E-state index in [1.165, 1.54) is 17.5 Å². The summed E-state index contributed by atoms with van der Waals surface area (Å²) in [5.41, 5.74) is 8.33. The van der Waals surface area contributed by atoms with Crippen molar-refractivity contribution in [2.24, 2.45) is 0 Å². The molecule has 0 saturated carbocycles. The number of aryl methyl sites for hydroxylation is 1. The number of anilines is 1. The number of carbonyl (C=O) groups excluding carboxylic acids is 1. The lowest BCUT2D eigenvalue weighted by atomic mass is 10.1. The summed E-state index contributed by atoms with van der Waals surface area (Å²) in [5.74, 6) is -0.0174. The van der Waals surface area contributed by atoms with Crippen LogP contribution >= 0.6 is 0 Å². The van der Waals surface area contributed by atoms with E-state index in [0.29, 0.717) is 22.5 Å². The molecule has 0 spiro atoms. The average molecular weight is 340 g/mol. The smallest absolute Gasteiger partial charge is 0.278 e. The molecule has 0 bridgehead atoms. The molecule has 3 rings (SSSR count). The summed E-state index contributed by atoms with van der Waals surface area (Å²) in [5, 5.41) is 2.95. The van der Waals surface area contributed by atoms with Gasteiger partial charge in [0.1, 0.15) is 10.9 Å². The van der Waals surface area contributed by atoms with Crippen LogP contribution in [0.25, 0.3) is 16.7 Å². The number of nitrogens with one attached hydrogen (secondary N) is 1. The van der Waals surface area contributed by atoms with Crippen LogP contribution in [0.5, 0.6) is 0 Å².